The van der Waals surface area contributed by atoms with Crippen molar-refractivity contribution in [2.75, 3.05) is 65.7 Å². The van der Waals surface area contributed by atoms with E-state index in [1.807, 2.05) is 20.8 Å². The molecule has 478 valence electrons. The number of carbonyl (C=O) groups excluding carboxylic acids is 10. The molecule has 1 aliphatic carbocycles. The Balaban J connectivity index is 0.763. The third kappa shape index (κ3) is 15.3. The van der Waals surface area contributed by atoms with Crippen LogP contribution in [-0.2, 0) is 100 Å². The summed E-state index contributed by atoms with van der Waals surface area (Å²) >= 11 is 0. The standard InChI is InChI=1S/C63H79FN10O15/c1-6-62(5,7-2)44-27-55(81)73(60(44)84)17-14-50(76)66-16-19-88-21-20-87-18-15-51(77)68-30-52(78)69-32-54(80)71-47(22-36-12-10-9-11-13-36)58(82)70-31-53(79)67-29-38(25-49(65)75)37-23-39-35(4)45(64)28-46-56(39)40(24-37)41-33-74-48(57(41)72-46)26-43-42(59(74)83)34-89-61(85)63(43,86)8-3/h9-13,26,28,37-38,44,47,86H,6-8,14-25,27,29-34H2,1-5H3,(H2,65,75)(H,66,76)(H,67,79)(H,68,77)(H,69,78)(H,70,82)(H,71,80)/t37?,38?,44?,47-,63-/m0/s1. The van der Waals surface area contributed by atoms with Gasteiger partial charge in [-0.3, -0.25) is 52.8 Å². The summed E-state index contributed by atoms with van der Waals surface area (Å²) in [7, 11) is 0. The molecular formula is C63H79FN10O15. The highest BCUT2D eigenvalue weighted by molar-refractivity contribution is 6.04. The van der Waals surface area contributed by atoms with Crippen molar-refractivity contribution >= 4 is 70.0 Å². The highest BCUT2D eigenvalue weighted by atomic mass is 19.1. The SMILES string of the molecule is CCC(C)(CC)C1CC(=O)N(CCC(=O)NCCOCCOCCC(=O)NCC(=O)NCC(=O)N[C@@H](Cc2ccccc2)C(=O)NCC(=O)NCC(CC(N)=O)C2Cc3c(C)c(F)cc4nc5c(c(c34)C2)Cn2c-5cc3c(c2=O)COC(=O)[C@]3(O)CC)C1=O. The van der Waals surface area contributed by atoms with Crippen LogP contribution < -0.4 is 43.2 Å². The average molecular weight is 1240 g/mol. The van der Waals surface area contributed by atoms with Gasteiger partial charge in [-0.05, 0) is 84.6 Å². The van der Waals surface area contributed by atoms with Crippen molar-refractivity contribution in [2.24, 2.45) is 28.9 Å². The fraction of sp³-hybridized carbons (Fsp3) is 0.524. The van der Waals surface area contributed by atoms with Gasteiger partial charge in [0.15, 0.2) is 5.60 Å². The number of cyclic esters (lactones) is 1. The Morgan fingerprint density at radius 1 is 0.809 bits per heavy atom. The lowest BCUT2D eigenvalue weighted by atomic mass is 9.72. The predicted octanol–water partition coefficient (Wildman–Crippen LogP) is 1.06. The van der Waals surface area contributed by atoms with Crippen LogP contribution in [0.4, 0.5) is 4.39 Å². The molecule has 0 bridgehead atoms. The molecule has 3 aliphatic heterocycles. The number of aromatic nitrogens is 2. The number of esters is 1. The summed E-state index contributed by atoms with van der Waals surface area (Å²) in [5.41, 5.74) is 7.50. The number of hydrogen-bond acceptors (Lipinski definition) is 16. The van der Waals surface area contributed by atoms with E-state index in [0.29, 0.717) is 51.0 Å². The van der Waals surface area contributed by atoms with Crippen LogP contribution in [-0.4, -0.2) is 150 Å². The van der Waals surface area contributed by atoms with Crippen LogP contribution in [0.1, 0.15) is 112 Å². The van der Waals surface area contributed by atoms with Crippen molar-refractivity contribution in [3.8, 4) is 11.4 Å². The number of primary amides is 1. The molecule has 26 heteroatoms. The summed E-state index contributed by atoms with van der Waals surface area (Å²) in [5, 5.41) is 27.7. The average Bonchev–Trinajstić information content (AvgIpc) is 1.69. The van der Waals surface area contributed by atoms with Gasteiger partial charge in [0.1, 0.15) is 18.5 Å². The largest absolute Gasteiger partial charge is 0.458 e. The van der Waals surface area contributed by atoms with E-state index in [1.165, 1.54) is 15.5 Å². The van der Waals surface area contributed by atoms with Gasteiger partial charge in [0, 0.05) is 74.3 Å². The van der Waals surface area contributed by atoms with Crippen molar-refractivity contribution in [1.29, 1.82) is 0 Å². The molecule has 0 spiro atoms. The first-order valence-electron chi connectivity index (χ1n) is 30.3. The summed E-state index contributed by atoms with van der Waals surface area (Å²) in [6.07, 6.45) is 1.99. The zero-order valence-electron chi connectivity index (χ0n) is 50.9. The smallest absolute Gasteiger partial charge is 0.343 e. The molecule has 3 unspecified atom stereocenters. The number of ether oxygens (including phenoxy) is 3. The lowest BCUT2D eigenvalue weighted by Crippen LogP contribution is -2.52. The Labute approximate surface area is 513 Å². The summed E-state index contributed by atoms with van der Waals surface area (Å²) in [6, 6.07) is 10.5. The Bertz CT molecular complexity index is 3480. The zero-order chi connectivity index (χ0) is 64.3. The monoisotopic (exact) mass is 1230 g/mol. The Kier molecular flexibility index (Phi) is 21.8. The number of hydrogen-bond donors (Lipinski definition) is 8. The molecule has 4 aromatic rings. The van der Waals surface area contributed by atoms with Crippen molar-refractivity contribution in [1.82, 2.24) is 46.4 Å². The predicted molar refractivity (Wildman–Crippen MR) is 319 cm³/mol. The van der Waals surface area contributed by atoms with E-state index in [0.717, 1.165) is 18.4 Å². The Morgan fingerprint density at radius 3 is 2.18 bits per heavy atom. The fourth-order valence-corrected chi connectivity index (χ4v) is 12.2. The lowest BCUT2D eigenvalue weighted by molar-refractivity contribution is -0.172. The number of nitrogens with zero attached hydrogens (tertiary/aromatic N) is 3. The van der Waals surface area contributed by atoms with E-state index in [1.54, 1.807) is 50.2 Å². The molecule has 5 heterocycles. The van der Waals surface area contributed by atoms with Crippen LogP contribution in [0.5, 0.6) is 0 Å². The van der Waals surface area contributed by atoms with Gasteiger partial charge in [0.25, 0.3) is 5.56 Å². The zero-order valence-corrected chi connectivity index (χ0v) is 50.9. The number of likely N-dealkylation sites (tertiary alicyclic amines) is 1. The van der Waals surface area contributed by atoms with Crippen molar-refractivity contribution in [3.05, 3.63) is 97.6 Å². The van der Waals surface area contributed by atoms with Gasteiger partial charge < -0.3 is 61.5 Å². The molecule has 9 amide bonds. The van der Waals surface area contributed by atoms with Crippen LogP contribution in [0.2, 0.25) is 0 Å². The number of carbonyl (C=O) groups is 10. The second-order valence-corrected chi connectivity index (χ2v) is 23.4. The van der Waals surface area contributed by atoms with Crippen LogP contribution in [0, 0.1) is 35.9 Å². The van der Waals surface area contributed by atoms with E-state index in [9.17, 15) is 57.8 Å². The molecule has 4 aliphatic rings. The molecule has 0 saturated carbocycles. The van der Waals surface area contributed by atoms with Crippen molar-refractivity contribution < 1.29 is 71.7 Å². The number of nitrogens with one attached hydrogen (secondary N) is 6. The molecular weight excluding hydrogens is 1160 g/mol. The highest BCUT2D eigenvalue weighted by Crippen LogP contribution is 2.46. The number of rotatable bonds is 31. The third-order valence-electron chi connectivity index (χ3n) is 18.0. The molecule has 2 aromatic carbocycles. The van der Waals surface area contributed by atoms with Gasteiger partial charge in [0.2, 0.25) is 53.2 Å². The summed E-state index contributed by atoms with van der Waals surface area (Å²) in [6.45, 7) is 8.13. The van der Waals surface area contributed by atoms with Gasteiger partial charge >= 0.3 is 5.97 Å². The topological polar surface area (TPSA) is 355 Å². The maximum atomic E-state index is 15.8. The van der Waals surface area contributed by atoms with Gasteiger partial charge in [-0.1, -0.05) is 58.0 Å². The van der Waals surface area contributed by atoms with E-state index in [2.05, 4.69) is 31.9 Å². The molecule has 1 saturated heterocycles. The van der Waals surface area contributed by atoms with Crippen molar-refractivity contribution in [3.63, 3.8) is 0 Å². The number of fused-ring (bicyclic) bond motifs is 5. The molecule has 1 fully saturated rings. The van der Waals surface area contributed by atoms with Gasteiger partial charge in [0.05, 0.1) is 81.0 Å². The fourth-order valence-electron chi connectivity index (χ4n) is 12.2. The molecule has 5 atom stereocenters. The van der Waals surface area contributed by atoms with Gasteiger partial charge in [-0.25, -0.2) is 14.2 Å². The lowest BCUT2D eigenvalue weighted by Gasteiger charge is -2.33. The normalized spacial score (nSPS) is 18.1. The third-order valence-corrected chi connectivity index (χ3v) is 18.0. The van der Waals surface area contributed by atoms with Crippen molar-refractivity contribution in [2.45, 2.75) is 124 Å². The highest BCUT2D eigenvalue weighted by Gasteiger charge is 2.48. The molecule has 2 aromatic heterocycles. The maximum absolute atomic E-state index is 15.8. The minimum atomic E-state index is -2.06. The van der Waals surface area contributed by atoms with Gasteiger partial charge in [-0.2, -0.15) is 0 Å². The maximum Gasteiger partial charge on any atom is 0.343 e. The van der Waals surface area contributed by atoms with Crippen LogP contribution in [0.3, 0.4) is 0 Å². The van der Waals surface area contributed by atoms with E-state index in [-0.39, 0.29) is 144 Å². The molecule has 9 N–H and O–H groups in total. The number of benzene rings is 2. The Hall–Kier alpha value is -8.49. The summed E-state index contributed by atoms with van der Waals surface area (Å²) in [4.78, 5) is 149. The number of aliphatic hydroxyl groups is 1. The van der Waals surface area contributed by atoms with Gasteiger partial charge in [-0.15, -0.1) is 0 Å². The number of amides is 9. The number of imide groups is 1. The number of nitrogens with two attached hydrogens (primary N) is 1. The molecule has 25 nitrogen and oxygen atoms in total. The first-order chi connectivity index (χ1) is 42.5. The second kappa shape index (κ2) is 29.2. The molecule has 8 rings (SSSR count). The molecule has 89 heavy (non-hydrogen) atoms. The first-order valence-corrected chi connectivity index (χ1v) is 30.3. The summed E-state index contributed by atoms with van der Waals surface area (Å²) in [5.74, 6) is -7.50. The Morgan fingerprint density at radius 2 is 1.47 bits per heavy atom. The molecule has 0 radical (unpaired) electrons. The van der Waals surface area contributed by atoms with E-state index >= 15 is 4.39 Å². The second-order valence-electron chi connectivity index (χ2n) is 23.4. The summed E-state index contributed by atoms with van der Waals surface area (Å²) < 4.78 is 33.5. The minimum absolute atomic E-state index is 0.0107. The quantitative estimate of drug-likeness (QED) is 0.0175. The van der Waals surface area contributed by atoms with Crippen LogP contribution >= 0.6 is 0 Å². The number of halogens is 1. The first kappa shape index (κ1) is 66.5. The van der Waals surface area contributed by atoms with Crippen LogP contribution in [0.15, 0.2) is 47.3 Å². The van der Waals surface area contributed by atoms with E-state index in [4.69, 9.17) is 24.9 Å². The van der Waals surface area contributed by atoms with Crippen LogP contribution in [0.25, 0.3) is 22.3 Å². The number of pyridine rings is 2. The minimum Gasteiger partial charge on any atom is -0.458 e. The van der Waals surface area contributed by atoms with E-state index < -0.39 is 95.9 Å².